The lowest BCUT2D eigenvalue weighted by atomic mass is 10.2. The molecule has 0 bridgehead atoms. The molecule has 0 unspecified atom stereocenters. The van der Waals surface area contributed by atoms with Gasteiger partial charge in [-0.1, -0.05) is 6.07 Å². The van der Waals surface area contributed by atoms with Crippen molar-refractivity contribution in [3.05, 3.63) is 54.1 Å². The van der Waals surface area contributed by atoms with E-state index in [1.807, 2.05) is 0 Å². The summed E-state index contributed by atoms with van der Waals surface area (Å²) >= 11 is 0. The first-order chi connectivity index (χ1) is 12.2. The van der Waals surface area contributed by atoms with E-state index in [0.29, 0.717) is 17.9 Å². The van der Waals surface area contributed by atoms with Gasteiger partial charge in [-0.25, -0.2) is 4.98 Å². The standard InChI is InChI=1S/C17H18N4O4/c22-16(20-21-17(23)15-10-18-6-7-19-15)12-3-1-4-13(9-12)25-11-14-5-2-8-24-14/h1,3-4,6-7,9-10,14H,2,5,8,11H2,(H,20,22)(H,21,23)/t14-/m0/s1. The molecule has 1 aliphatic heterocycles. The molecule has 130 valence electrons. The number of carbonyl (C=O) groups excluding carboxylic acids is 2. The molecular formula is C17H18N4O4. The Morgan fingerprint density at radius 2 is 2.12 bits per heavy atom. The first-order valence-corrected chi connectivity index (χ1v) is 7.93. The number of nitrogens with zero attached hydrogens (tertiary/aromatic N) is 2. The highest BCUT2D eigenvalue weighted by atomic mass is 16.5. The van der Waals surface area contributed by atoms with Gasteiger partial charge in [0, 0.05) is 24.6 Å². The van der Waals surface area contributed by atoms with E-state index in [4.69, 9.17) is 9.47 Å². The van der Waals surface area contributed by atoms with Gasteiger partial charge in [-0.05, 0) is 31.0 Å². The normalized spacial score (nSPS) is 16.2. The quantitative estimate of drug-likeness (QED) is 0.789. The summed E-state index contributed by atoms with van der Waals surface area (Å²) in [6.07, 6.45) is 6.28. The average Bonchev–Trinajstić information content (AvgIpc) is 3.19. The van der Waals surface area contributed by atoms with E-state index < -0.39 is 11.8 Å². The highest BCUT2D eigenvalue weighted by Crippen LogP contribution is 2.17. The molecule has 8 heteroatoms. The van der Waals surface area contributed by atoms with Crippen molar-refractivity contribution in [2.24, 2.45) is 0 Å². The van der Waals surface area contributed by atoms with Crippen LogP contribution in [0.3, 0.4) is 0 Å². The molecule has 2 heterocycles. The molecule has 1 fully saturated rings. The van der Waals surface area contributed by atoms with Gasteiger partial charge in [-0.2, -0.15) is 0 Å². The number of amides is 2. The SMILES string of the molecule is O=C(NNC(=O)c1cnccn1)c1cccc(OC[C@@H]2CCCO2)c1. The van der Waals surface area contributed by atoms with Gasteiger partial charge >= 0.3 is 0 Å². The monoisotopic (exact) mass is 342 g/mol. The molecule has 2 N–H and O–H groups in total. The molecule has 1 aromatic heterocycles. The molecule has 1 saturated heterocycles. The Labute approximate surface area is 144 Å². The first-order valence-electron chi connectivity index (χ1n) is 7.93. The van der Waals surface area contributed by atoms with Gasteiger partial charge in [-0.15, -0.1) is 0 Å². The number of ether oxygens (including phenoxy) is 2. The van der Waals surface area contributed by atoms with Crippen molar-refractivity contribution in [2.45, 2.75) is 18.9 Å². The number of benzene rings is 1. The van der Waals surface area contributed by atoms with E-state index in [2.05, 4.69) is 20.8 Å². The number of hydrogen-bond acceptors (Lipinski definition) is 6. The molecule has 2 amide bonds. The zero-order valence-electron chi connectivity index (χ0n) is 13.5. The molecule has 3 rings (SSSR count). The number of aromatic nitrogens is 2. The third-order valence-corrected chi connectivity index (χ3v) is 3.64. The molecule has 1 aliphatic rings. The van der Waals surface area contributed by atoms with E-state index in [0.717, 1.165) is 19.4 Å². The Kier molecular flexibility index (Phi) is 5.53. The minimum atomic E-state index is -0.549. The lowest BCUT2D eigenvalue weighted by Gasteiger charge is -2.12. The van der Waals surface area contributed by atoms with Crippen molar-refractivity contribution >= 4 is 11.8 Å². The molecule has 25 heavy (non-hydrogen) atoms. The van der Waals surface area contributed by atoms with Gasteiger partial charge in [-0.3, -0.25) is 25.4 Å². The van der Waals surface area contributed by atoms with Crippen molar-refractivity contribution in [2.75, 3.05) is 13.2 Å². The predicted octanol–water partition coefficient (Wildman–Crippen LogP) is 1.11. The van der Waals surface area contributed by atoms with Gasteiger partial charge in [0.25, 0.3) is 11.8 Å². The highest BCUT2D eigenvalue weighted by molar-refractivity contribution is 5.98. The predicted molar refractivity (Wildman–Crippen MR) is 87.9 cm³/mol. The summed E-state index contributed by atoms with van der Waals surface area (Å²) in [6, 6.07) is 6.72. The van der Waals surface area contributed by atoms with Crippen molar-refractivity contribution in [3.8, 4) is 5.75 Å². The van der Waals surface area contributed by atoms with Crippen LogP contribution >= 0.6 is 0 Å². The number of rotatable bonds is 5. The van der Waals surface area contributed by atoms with Gasteiger partial charge in [0.1, 0.15) is 18.1 Å². The summed E-state index contributed by atoms with van der Waals surface area (Å²) in [4.78, 5) is 31.6. The zero-order valence-corrected chi connectivity index (χ0v) is 13.5. The van der Waals surface area contributed by atoms with Crippen molar-refractivity contribution in [1.29, 1.82) is 0 Å². The summed E-state index contributed by atoms with van der Waals surface area (Å²) in [7, 11) is 0. The molecule has 1 aromatic carbocycles. The van der Waals surface area contributed by atoms with Crippen LogP contribution in [-0.2, 0) is 4.74 Å². The molecule has 8 nitrogen and oxygen atoms in total. The number of nitrogens with one attached hydrogen (secondary N) is 2. The molecule has 1 atom stereocenters. The Morgan fingerprint density at radius 1 is 1.24 bits per heavy atom. The zero-order chi connectivity index (χ0) is 17.5. The fourth-order valence-corrected chi connectivity index (χ4v) is 2.36. The number of carbonyl (C=O) groups is 2. The van der Waals surface area contributed by atoms with Crippen LogP contribution in [0.5, 0.6) is 5.75 Å². The maximum absolute atomic E-state index is 12.2. The smallest absolute Gasteiger partial charge is 0.289 e. The topological polar surface area (TPSA) is 102 Å². The van der Waals surface area contributed by atoms with Crippen LogP contribution in [-0.4, -0.2) is 41.1 Å². The minimum Gasteiger partial charge on any atom is -0.491 e. The Hall–Kier alpha value is -3.00. The fourth-order valence-electron chi connectivity index (χ4n) is 2.36. The van der Waals surface area contributed by atoms with Crippen molar-refractivity contribution in [1.82, 2.24) is 20.8 Å². The second-order valence-electron chi connectivity index (χ2n) is 5.47. The van der Waals surface area contributed by atoms with E-state index in [1.54, 1.807) is 24.3 Å². The van der Waals surface area contributed by atoms with Crippen LogP contribution in [0.15, 0.2) is 42.9 Å². The molecule has 0 aliphatic carbocycles. The van der Waals surface area contributed by atoms with Crippen LogP contribution in [0.2, 0.25) is 0 Å². The second kappa shape index (κ2) is 8.20. The largest absolute Gasteiger partial charge is 0.491 e. The Morgan fingerprint density at radius 3 is 2.88 bits per heavy atom. The number of hydrazine groups is 1. The summed E-state index contributed by atoms with van der Waals surface area (Å²) in [5.74, 6) is -0.435. The lowest BCUT2D eigenvalue weighted by molar-refractivity contribution is 0.0679. The van der Waals surface area contributed by atoms with Crippen LogP contribution < -0.4 is 15.6 Å². The minimum absolute atomic E-state index is 0.101. The van der Waals surface area contributed by atoms with E-state index in [-0.39, 0.29) is 11.8 Å². The van der Waals surface area contributed by atoms with Gasteiger partial charge in [0.15, 0.2) is 0 Å². The van der Waals surface area contributed by atoms with Gasteiger partial charge < -0.3 is 9.47 Å². The van der Waals surface area contributed by atoms with Crippen LogP contribution in [0.4, 0.5) is 0 Å². The Bertz CT molecular complexity index is 732. The molecule has 0 saturated carbocycles. The summed E-state index contributed by atoms with van der Waals surface area (Å²) < 4.78 is 11.2. The van der Waals surface area contributed by atoms with E-state index >= 15 is 0 Å². The number of hydrogen-bond donors (Lipinski definition) is 2. The maximum atomic E-state index is 12.2. The van der Waals surface area contributed by atoms with Crippen molar-refractivity contribution < 1.29 is 19.1 Å². The summed E-state index contributed by atoms with van der Waals surface area (Å²) in [5, 5.41) is 0. The summed E-state index contributed by atoms with van der Waals surface area (Å²) in [6.45, 7) is 1.22. The van der Waals surface area contributed by atoms with Crippen LogP contribution in [0, 0.1) is 0 Å². The van der Waals surface area contributed by atoms with Crippen LogP contribution in [0.25, 0.3) is 0 Å². The first kappa shape index (κ1) is 16.8. The lowest BCUT2D eigenvalue weighted by Crippen LogP contribution is -2.42. The molecule has 0 radical (unpaired) electrons. The summed E-state index contributed by atoms with van der Waals surface area (Å²) in [5.41, 5.74) is 5.10. The van der Waals surface area contributed by atoms with Gasteiger partial charge in [0.2, 0.25) is 0 Å². The molecule has 2 aromatic rings. The van der Waals surface area contributed by atoms with Gasteiger partial charge in [0.05, 0.1) is 12.3 Å². The average molecular weight is 342 g/mol. The highest BCUT2D eigenvalue weighted by Gasteiger charge is 2.16. The second-order valence-corrected chi connectivity index (χ2v) is 5.47. The third-order valence-electron chi connectivity index (χ3n) is 3.64. The third kappa shape index (κ3) is 4.74. The van der Waals surface area contributed by atoms with Crippen LogP contribution in [0.1, 0.15) is 33.7 Å². The fraction of sp³-hybridized carbons (Fsp3) is 0.294. The van der Waals surface area contributed by atoms with E-state index in [1.165, 1.54) is 18.6 Å². The Balaban J connectivity index is 1.53. The maximum Gasteiger partial charge on any atom is 0.289 e. The van der Waals surface area contributed by atoms with E-state index in [9.17, 15) is 9.59 Å². The van der Waals surface area contributed by atoms with Crippen molar-refractivity contribution in [3.63, 3.8) is 0 Å². The molecule has 0 spiro atoms. The molecular weight excluding hydrogens is 324 g/mol.